The van der Waals surface area contributed by atoms with Crippen molar-refractivity contribution in [3.05, 3.63) is 205 Å². The third-order valence-corrected chi connectivity index (χ3v) is 13.7. The predicted molar refractivity (Wildman–Crippen MR) is 235 cm³/mol. The molecule has 4 saturated carbocycles. The van der Waals surface area contributed by atoms with E-state index in [1.807, 2.05) is 0 Å². The largest absolute Gasteiger partial charge is 0.310 e. The number of para-hydroxylation sites is 4. The standard InChI is InChI=1S/C54H46N2/c1-5-17-42(18-6-1)55(43-19-7-2-8-20-43)52-31-29-50(46-25-13-15-27-48(46)52)54(40-34-38-33-39(36-40)37-41(54)35-38)51-30-32-53(49-28-16-14-26-47(49)51)56(44-21-9-3-10-22-44)45-23-11-4-12-24-45/h1-32,38-41H,33-37H2. The highest BCUT2D eigenvalue weighted by Gasteiger charge is 2.59. The molecule has 0 radical (unpaired) electrons. The van der Waals surface area contributed by atoms with Crippen LogP contribution in [0.25, 0.3) is 21.5 Å². The number of anilines is 6. The normalized spacial score (nSPS) is 20.6. The molecule has 0 spiro atoms. The van der Waals surface area contributed by atoms with E-state index >= 15 is 0 Å². The molecule has 0 saturated heterocycles. The summed E-state index contributed by atoms with van der Waals surface area (Å²) in [6.45, 7) is 0. The van der Waals surface area contributed by atoms with E-state index in [2.05, 4.69) is 204 Å². The summed E-state index contributed by atoms with van der Waals surface area (Å²) >= 11 is 0. The zero-order valence-corrected chi connectivity index (χ0v) is 31.7. The minimum atomic E-state index is -0.0989. The van der Waals surface area contributed by atoms with Crippen molar-refractivity contribution in [2.45, 2.75) is 37.5 Å². The fraction of sp³-hybridized carbons (Fsp3) is 0.185. The van der Waals surface area contributed by atoms with E-state index < -0.39 is 0 Å². The summed E-state index contributed by atoms with van der Waals surface area (Å²) in [7, 11) is 0. The molecule has 0 N–H and O–H groups in total. The Hall–Kier alpha value is -6.12. The molecule has 8 aromatic rings. The first-order valence-electron chi connectivity index (χ1n) is 20.6. The molecule has 0 aromatic heterocycles. The summed E-state index contributed by atoms with van der Waals surface area (Å²) in [5.74, 6) is 2.89. The van der Waals surface area contributed by atoms with E-state index in [0.29, 0.717) is 11.8 Å². The summed E-state index contributed by atoms with van der Waals surface area (Å²) in [4.78, 5) is 4.89. The molecule has 56 heavy (non-hydrogen) atoms. The van der Waals surface area contributed by atoms with Gasteiger partial charge < -0.3 is 9.80 Å². The Kier molecular flexibility index (Phi) is 8.05. The Morgan fingerprint density at radius 1 is 0.304 bits per heavy atom. The van der Waals surface area contributed by atoms with Crippen molar-refractivity contribution in [2.24, 2.45) is 23.7 Å². The lowest BCUT2D eigenvalue weighted by molar-refractivity contribution is -0.0406. The fourth-order valence-corrected chi connectivity index (χ4v) is 11.8. The Balaban J connectivity index is 1.17. The number of nitrogens with zero attached hydrogens (tertiary/aromatic N) is 2. The quantitative estimate of drug-likeness (QED) is 0.154. The summed E-state index contributed by atoms with van der Waals surface area (Å²) < 4.78 is 0. The second-order valence-electron chi connectivity index (χ2n) is 16.5. The summed E-state index contributed by atoms with van der Waals surface area (Å²) in [5, 5.41) is 5.40. The van der Waals surface area contributed by atoms with Crippen LogP contribution >= 0.6 is 0 Å². The minimum absolute atomic E-state index is 0.0989. The summed E-state index contributed by atoms with van der Waals surface area (Å²) in [6, 6.07) is 72.1. The molecule has 8 aromatic carbocycles. The van der Waals surface area contributed by atoms with Crippen LogP contribution < -0.4 is 9.80 Å². The van der Waals surface area contributed by atoms with Crippen LogP contribution in [-0.4, -0.2) is 0 Å². The van der Waals surface area contributed by atoms with E-state index in [9.17, 15) is 0 Å². The van der Waals surface area contributed by atoms with Gasteiger partial charge in [-0.2, -0.15) is 0 Å². The highest BCUT2D eigenvalue weighted by Crippen LogP contribution is 2.67. The van der Waals surface area contributed by atoms with E-state index in [1.165, 1.54) is 98.9 Å². The Morgan fingerprint density at radius 3 is 0.946 bits per heavy atom. The number of hydrogen-bond donors (Lipinski definition) is 0. The van der Waals surface area contributed by atoms with E-state index in [-0.39, 0.29) is 5.41 Å². The first-order chi connectivity index (χ1) is 27.8. The van der Waals surface area contributed by atoms with Crippen LogP contribution in [0.15, 0.2) is 194 Å². The van der Waals surface area contributed by atoms with Crippen LogP contribution in [-0.2, 0) is 5.41 Å². The lowest BCUT2D eigenvalue weighted by atomic mass is 9.41. The molecule has 4 aliphatic rings. The molecule has 272 valence electrons. The van der Waals surface area contributed by atoms with Crippen LogP contribution in [0.2, 0.25) is 0 Å². The molecule has 4 fully saturated rings. The summed E-state index contributed by atoms with van der Waals surface area (Å²) in [5.41, 5.74) is 10.1. The van der Waals surface area contributed by atoms with Gasteiger partial charge >= 0.3 is 0 Å². The van der Waals surface area contributed by atoms with Crippen LogP contribution in [0.1, 0.15) is 43.2 Å². The Bertz CT molecular complexity index is 2380. The maximum Gasteiger partial charge on any atom is 0.0540 e. The average molecular weight is 723 g/mol. The number of benzene rings is 8. The second-order valence-corrected chi connectivity index (χ2v) is 16.5. The van der Waals surface area contributed by atoms with Gasteiger partial charge in [-0.3, -0.25) is 0 Å². The molecule has 12 rings (SSSR count). The Labute approximate surface area is 330 Å². The maximum absolute atomic E-state index is 2.56. The van der Waals surface area contributed by atoms with Gasteiger partial charge in [-0.15, -0.1) is 0 Å². The van der Waals surface area contributed by atoms with Gasteiger partial charge in [0.2, 0.25) is 0 Å². The van der Waals surface area contributed by atoms with Crippen molar-refractivity contribution in [3.63, 3.8) is 0 Å². The lowest BCUT2D eigenvalue weighted by Gasteiger charge is -2.62. The molecule has 2 heteroatoms. The molecule has 4 aliphatic carbocycles. The van der Waals surface area contributed by atoms with Crippen LogP contribution in [0.4, 0.5) is 34.1 Å². The third kappa shape index (κ3) is 5.23. The molecule has 0 amide bonds. The van der Waals surface area contributed by atoms with Crippen molar-refractivity contribution < 1.29 is 0 Å². The van der Waals surface area contributed by atoms with Crippen molar-refractivity contribution in [1.29, 1.82) is 0 Å². The molecule has 0 unspecified atom stereocenters. The molecular formula is C54H46N2. The molecule has 0 aliphatic heterocycles. The van der Waals surface area contributed by atoms with Gasteiger partial charge in [-0.05, 0) is 138 Å². The van der Waals surface area contributed by atoms with Gasteiger partial charge in [0.15, 0.2) is 0 Å². The van der Waals surface area contributed by atoms with Gasteiger partial charge in [0.1, 0.15) is 0 Å². The van der Waals surface area contributed by atoms with Crippen molar-refractivity contribution in [2.75, 3.05) is 9.80 Å². The fourth-order valence-electron chi connectivity index (χ4n) is 11.8. The number of fused-ring (bicyclic) bond motifs is 2. The molecule has 0 atom stereocenters. The molecule has 2 nitrogen and oxygen atoms in total. The van der Waals surface area contributed by atoms with Crippen LogP contribution in [0, 0.1) is 23.7 Å². The monoisotopic (exact) mass is 722 g/mol. The van der Waals surface area contributed by atoms with Gasteiger partial charge in [-0.1, -0.05) is 133 Å². The van der Waals surface area contributed by atoms with Crippen LogP contribution in [0.5, 0.6) is 0 Å². The minimum Gasteiger partial charge on any atom is -0.310 e. The zero-order chi connectivity index (χ0) is 37.1. The third-order valence-electron chi connectivity index (χ3n) is 13.7. The SMILES string of the molecule is c1ccc(N(c2ccccc2)c2ccc(C3(c4ccc(N(c5ccccc5)c5ccccc5)c5ccccc45)C4CC5CC(C4)CC3C5)c3ccccc23)cc1. The predicted octanol–water partition coefficient (Wildman–Crippen LogP) is 14.7. The van der Waals surface area contributed by atoms with Crippen molar-refractivity contribution in [3.8, 4) is 0 Å². The van der Waals surface area contributed by atoms with Gasteiger partial charge in [-0.25, -0.2) is 0 Å². The maximum atomic E-state index is 2.56. The average Bonchev–Trinajstić information content (AvgIpc) is 3.26. The first-order valence-corrected chi connectivity index (χ1v) is 20.6. The van der Waals surface area contributed by atoms with Crippen molar-refractivity contribution in [1.82, 2.24) is 0 Å². The zero-order valence-electron chi connectivity index (χ0n) is 31.7. The molecule has 4 bridgehead atoms. The van der Waals surface area contributed by atoms with Crippen molar-refractivity contribution >= 4 is 55.7 Å². The molecule has 0 heterocycles. The highest BCUT2D eigenvalue weighted by molar-refractivity contribution is 6.04. The smallest absolute Gasteiger partial charge is 0.0540 e. The van der Waals surface area contributed by atoms with Gasteiger partial charge in [0.25, 0.3) is 0 Å². The number of hydrogen-bond acceptors (Lipinski definition) is 2. The van der Waals surface area contributed by atoms with E-state index in [0.717, 1.165) is 11.8 Å². The topological polar surface area (TPSA) is 6.48 Å². The molecular weight excluding hydrogens is 677 g/mol. The highest BCUT2D eigenvalue weighted by atomic mass is 15.1. The number of rotatable bonds is 8. The van der Waals surface area contributed by atoms with Gasteiger partial charge in [0, 0.05) is 38.9 Å². The van der Waals surface area contributed by atoms with E-state index in [1.54, 1.807) is 0 Å². The first kappa shape index (κ1) is 33.2. The van der Waals surface area contributed by atoms with Crippen LogP contribution in [0.3, 0.4) is 0 Å². The van der Waals surface area contributed by atoms with E-state index in [4.69, 9.17) is 0 Å². The van der Waals surface area contributed by atoms with Gasteiger partial charge in [0.05, 0.1) is 11.4 Å². The Morgan fingerprint density at radius 2 is 0.607 bits per heavy atom. The summed E-state index contributed by atoms with van der Waals surface area (Å²) in [6.07, 6.45) is 6.70. The lowest BCUT2D eigenvalue weighted by Crippen LogP contribution is -2.56. The second kappa shape index (κ2) is 13.6.